The Morgan fingerprint density at radius 1 is 1.08 bits per heavy atom. The summed E-state index contributed by atoms with van der Waals surface area (Å²) in [6.07, 6.45) is 10.4. The number of benzene rings is 1. The molecule has 1 N–H and O–H groups in total. The van der Waals surface area contributed by atoms with Crippen LogP contribution >= 0.6 is 11.3 Å². The van der Waals surface area contributed by atoms with Crippen molar-refractivity contribution in [2.45, 2.75) is 58.2 Å². The maximum Gasteiger partial charge on any atom is 0.0794 e. The van der Waals surface area contributed by atoms with Gasteiger partial charge in [0.05, 0.1) is 14.3 Å². The number of fused-ring (bicyclic) bond motifs is 1. The fourth-order valence-electron chi connectivity index (χ4n) is 3.00. The molecule has 0 aliphatic rings. The number of allylic oxidation sites excluding steroid dienone is 2. The number of rotatable bonds is 9. The van der Waals surface area contributed by atoms with Crippen LogP contribution in [-0.4, -0.2) is 13.2 Å². The molecule has 24 heavy (non-hydrogen) atoms. The summed E-state index contributed by atoms with van der Waals surface area (Å²) in [6.45, 7) is 7.01. The number of thiophene rings is 1. The number of unbranched alkanes of at least 4 members (excludes halogenated alkanes) is 3. The third-order valence-corrected chi connectivity index (χ3v) is 6.43. The zero-order valence-electron chi connectivity index (χ0n) is 15.2. The minimum Gasteiger partial charge on any atom is -0.516 e. The number of hydrogen-bond donors (Lipinski definition) is 1. The smallest absolute Gasteiger partial charge is 0.0794 e. The van der Waals surface area contributed by atoms with E-state index in [0.29, 0.717) is 0 Å². The molecule has 1 nitrogen and oxygen atoms in total. The first kappa shape index (κ1) is 19.0. The average molecular weight is 359 g/mol. The van der Waals surface area contributed by atoms with E-state index < -0.39 is 8.07 Å². The maximum absolute atomic E-state index is 9.06. The van der Waals surface area contributed by atoms with E-state index >= 15 is 0 Å². The lowest BCUT2D eigenvalue weighted by Crippen LogP contribution is -2.16. The van der Waals surface area contributed by atoms with Crippen LogP contribution in [0.25, 0.3) is 10.1 Å². The summed E-state index contributed by atoms with van der Waals surface area (Å²) in [4.78, 5) is 1.51. The van der Waals surface area contributed by atoms with Crippen molar-refractivity contribution in [2.24, 2.45) is 0 Å². The molecule has 3 heteroatoms. The SMILES string of the molecule is C[Si](C)(C)C=C(C=CO)CCCCCCc1cc2ccccc2s1. The molecule has 0 aliphatic heterocycles. The number of aliphatic hydroxyl groups excluding tert-OH is 1. The van der Waals surface area contributed by atoms with Gasteiger partial charge in [-0.2, -0.15) is 0 Å². The summed E-state index contributed by atoms with van der Waals surface area (Å²) < 4.78 is 1.41. The zero-order valence-corrected chi connectivity index (χ0v) is 17.0. The van der Waals surface area contributed by atoms with E-state index in [1.165, 1.54) is 58.9 Å². The lowest BCUT2D eigenvalue weighted by molar-refractivity contribution is 0.472. The highest BCUT2D eigenvalue weighted by atomic mass is 32.1. The first-order chi connectivity index (χ1) is 11.5. The average Bonchev–Trinajstić information content (AvgIpc) is 2.92. The lowest BCUT2D eigenvalue weighted by atomic mass is 10.1. The van der Waals surface area contributed by atoms with Gasteiger partial charge in [0, 0.05) is 9.58 Å². The Labute approximate surface area is 151 Å². The zero-order chi connectivity index (χ0) is 17.4. The summed E-state index contributed by atoms with van der Waals surface area (Å²) in [5, 5.41) is 10.4. The van der Waals surface area contributed by atoms with Gasteiger partial charge in [-0.3, -0.25) is 0 Å². The van der Waals surface area contributed by atoms with E-state index in [0.717, 1.165) is 6.42 Å². The highest BCUT2D eigenvalue weighted by Gasteiger charge is 2.09. The molecule has 0 radical (unpaired) electrons. The van der Waals surface area contributed by atoms with Crippen LogP contribution in [0.5, 0.6) is 0 Å². The second-order valence-corrected chi connectivity index (χ2v) is 13.8. The highest BCUT2D eigenvalue weighted by Crippen LogP contribution is 2.26. The Hall–Kier alpha value is -1.32. The normalized spacial score (nSPS) is 13.2. The van der Waals surface area contributed by atoms with Gasteiger partial charge in [-0.1, -0.05) is 62.0 Å². The molecule has 0 fully saturated rings. The van der Waals surface area contributed by atoms with Crippen molar-refractivity contribution in [2.75, 3.05) is 0 Å². The van der Waals surface area contributed by atoms with Crippen LogP contribution in [0.2, 0.25) is 19.6 Å². The van der Waals surface area contributed by atoms with Crippen LogP contribution in [0.3, 0.4) is 0 Å². The van der Waals surface area contributed by atoms with Gasteiger partial charge < -0.3 is 5.11 Å². The van der Waals surface area contributed by atoms with Crippen molar-refractivity contribution in [3.63, 3.8) is 0 Å². The van der Waals surface area contributed by atoms with E-state index in [1.807, 2.05) is 17.4 Å². The van der Waals surface area contributed by atoms with Gasteiger partial charge in [0.15, 0.2) is 0 Å². The highest BCUT2D eigenvalue weighted by molar-refractivity contribution is 7.19. The second kappa shape index (κ2) is 9.24. The fraction of sp³-hybridized carbons (Fsp3) is 0.429. The molecule has 0 spiro atoms. The van der Waals surface area contributed by atoms with Crippen molar-refractivity contribution in [3.05, 3.63) is 58.8 Å². The van der Waals surface area contributed by atoms with Crippen molar-refractivity contribution in [3.8, 4) is 0 Å². The standard InChI is InChI=1S/C21H30OSSi/c1-24(2,3)17-18(14-15-22)10-6-4-5-7-12-20-16-19-11-8-9-13-21(19)23-20/h8-9,11,13-17,22H,4-7,10,12H2,1-3H3. The topological polar surface area (TPSA) is 20.2 Å². The molecular weight excluding hydrogens is 328 g/mol. The predicted octanol–water partition coefficient (Wildman–Crippen LogP) is 7.27. The van der Waals surface area contributed by atoms with E-state index in [4.69, 9.17) is 5.11 Å². The monoisotopic (exact) mass is 358 g/mol. The van der Waals surface area contributed by atoms with Crippen molar-refractivity contribution < 1.29 is 5.11 Å². The first-order valence-electron chi connectivity index (χ1n) is 8.98. The number of hydrogen-bond acceptors (Lipinski definition) is 2. The van der Waals surface area contributed by atoms with Crippen LogP contribution in [0.15, 0.2) is 53.9 Å². The largest absolute Gasteiger partial charge is 0.516 e. The molecule has 1 aromatic carbocycles. The Kier molecular flexibility index (Phi) is 7.31. The summed E-state index contributed by atoms with van der Waals surface area (Å²) in [7, 11) is -1.22. The molecule has 1 heterocycles. The summed E-state index contributed by atoms with van der Waals surface area (Å²) in [5.41, 5.74) is 3.71. The Bertz CT molecular complexity index is 658. The fourth-order valence-corrected chi connectivity index (χ4v) is 5.46. The maximum atomic E-state index is 9.06. The third-order valence-electron chi connectivity index (χ3n) is 4.02. The molecule has 0 aliphatic carbocycles. The molecule has 2 aromatic rings. The number of aliphatic hydroxyl groups is 1. The molecule has 1 aromatic heterocycles. The van der Waals surface area contributed by atoms with Gasteiger partial charge in [0.2, 0.25) is 0 Å². The first-order valence-corrected chi connectivity index (χ1v) is 13.4. The third kappa shape index (κ3) is 6.66. The molecular formula is C21H30OSSi. The minimum atomic E-state index is -1.22. The van der Waals surface area contributed by atoms with E-state index in [9.17, 15) is 0 Å². The molecule has 2 rings (SSSR count). The van der Waals surface area contributed by atoms with Crippen molar-refractivity contribution >= 4 is 29.5 Å². The summed E-state index contributed by atoms with van der Waals surface area (Å²) in [6, 6.07) is 11.0. The van der Waals surface area contributed by atoms with Crippen LogP contribution in [0, 0.1) is 0 Å². The van der Waals surface area contributed by atoms with Crippen molar-refractivity contribution in [1.82, 2.24) is 0 Å². The molecule has 130 valence electrons. The molecule has 0 unspecified atom stereocenters. The van der Waals surface area contributed by atoms with Gasteiger partial charge in [-0.05, 0) is 49.3 Å². The number of aryl methyl sites for hydroxylation is 1. The molecule has 0 amide bonds. The lowest BCUT2D eigenvalue weighted by Gasteiger charge is -2.12. The summed E-state index contributed by atoms with van der Waals surface area (Å²) in [5.74, 6) is 0. The Morgan fingerprint density at radius 3 is 2.54 bits per heavy atom. The van der Waals surface area contributed by atoms with Crippen LogP contribution in [-0.2, 0) is 6.42 Å². The molecule has 0 bridgehead atoms. The second-order valence-electron chi connectivity index (χ2n) is 7.57. The van der Waals surface area contributed by atoms with Crippen LogP contribution in [0.1, 0.15) is 37.0 Å². The van der Waals surface area contributed by atoms with Gasteiger partial charge in [0.25, 0.3) is 0 Å². The molecule has 0 atom stereocenters. The summed E-state index contributed by atoms with van der Waals surface area (Å²) >= 11 is 1.94. The Balaban J connectivity index is 1.70. The van der Waals surface area contributed by atoms with Gasteiger partial charge in [0.1, 0.15) is 0 Å². The van der Waals surface area contributed by atoms with E-state index in [2.05, 4.69) is 55.7 Å². The van der Waals surface area contributed by atoms with E-state index in [1.54, 1.807) is 0 Å². The quantitative estimate of drug-likeness (QED) is 0.216. The van der Waals surface area contributed by atoms with Gasteiger partial charge in [-0.25, -0.2) is 0 Å². The minimum absolute atomic E-state index is 1.09. The van der Waals surface area contributed by atoms with Crippen LogP contribution in [0.4, 0.5) is 0 Å². The van der Waals surface area contributed by atoms with Crippen molar-refractivity contribution in [1.29, 1.82) is 0 Å². The Morgan fingerprint density at radius 2 is 1.83 bits per heavy atom. The van der Waals surface area contributed by atoms with Gasteiger partial charge in [-0.15, -0.1) is 11.3 Å². The van der Waals surface area contributed by atoms with E-state index in [-0.39, 0.29) is 0 Å². The molecule has 0 saturated carbocycles. The predicted molar refractivity (Wildman–Crippen MR) is 112 cm³/mol. The van der Waals surface area contributed by atoms with Gasteiger partial charge >= 0.3 is 0 Å². The van der Waals surface area contributed by atoms with Crippen LogP contribution < -0.4 is 0 Å². The molecule has 0 saturated heterocycles.